The molecular formula is C31H39ClF2N4O5S. The van der Waals surface area contributed by atoms with Crippen LogP contribution >= 0.6 is 12.4 Å². The molecule has 0 aliphatic carbocycles. The van der Waals surface area contributed by atoms with Crippen LogP contribution in [0.3, 0.4) is 0 Å². The van der Waals surface area contributed by atoms with Gasteiger partial charge in [0.15, 0.2) is 11.6 Å². The summed E-state index contributed by atoms with van der Waals surface area (Å²) in [5, 5.41) is 20.3. The molecule has 0 aromatic heterocycles. The first-order valence-corrected chi connectivity index (χ1v) is 15.9. The van der Waals surface area contributed by atoms with Crippen molar-refractivity contribution in [1.29, 1.82) is 0 Å². The van der Waals surface area contributed by atoms with Gasteiger partial charge in [-0.2, -0.15) is 0 Å². The third-order valence-electron chi connectivity index (χ3n) is 7.24. The smallest absolute Gasteiger partial charge is 0.251 e. The second kappa shape index (κ2) is 16.0. The van der Waals surface area contributed by atoms with E-state index in [0.29, 0.717) is 55.2 Å². The number of benzene rings is 3. The highest BCUT2D eigenvalue weighted by molar-refractivity contribution is 7.92. The maximum atomic E-state index is 14.0. The molecular weight excluding hydrogens is 614 g/mol. The number of amides is 1. The molecule has 1 heterocycles. The van der Waals surface area contributed by atoms with Crippen LogP contribution in [0.4, 0.5) is 20.2 Å². The minimum absolute atomic E-state index is 0. The fraction of sp³-hybridized carbons (Fsp3) is 0.387. The van der Waals surface area contributed by atoms with Crippen molar-refractivity contribution in [1.82, 2.24) is 10.6 Å². The van der Waals surface area contributed by atoms with Crippen LogP contribution in [0.2, 0.25) is 0 Å². The Labute approximate surface area is 263 Å². The average molecular weight is 653 g/mol. The molecule has 3 aromatic rings. The van der Waals surface area contributed by atoms with Gasteiger partial charge in [0.05, 0.1) is 30.7 Å². The van der Waals surface area contributed by atoms with Crippen LogP contribution in [0.15, 0.2) is 60.7 Å². The lowest BCUT2D eigenvalue weighted by molar-refractivity contribution is 0.0830. The Bertz CT molecular complexity index is 1530. The van der Waals surface area contributed by atoms with E-state index < -0.39 is 39.7 Å². The summed E-state index contributed by atoms with van der Waals surface area (Å²) in [7, 11) is -1.95. The second-order valence-electron chi connectivity index (χ2n) is 10.5. The summed E-state index contributed by atoms with van der Waals surface area (Å²) in [6, 6.07) is 14.8. The van der Waals surface area contributed by atoms with E-state index in [2.05, 4.69) is 16.0 Å². The zero-order valence-corrected chi connectivity index (χ0v) is 26.3. The quantitative estimate of drug-likeness (QED) is 0.218. The summed E-state index contributed by atoms with van der Waals surface area (Å²) in [6.07, 6.45) is 0.193. The molecule has 4 rings (SSSR count). The summed E-state index contributed by atoms with van der Waals surface area (Å²) in [4.78, 5) is 13.6. The largest absolute Gasteiger partial charge is 0.497 e. The molecule has 0 unspecified atom stereocenters. The van der Waals surface area contributed by atoms with Gasteiger partial charge in [-0.15, -0.1) is 12.4 Å². The summed E-state index contributed by atoms with van der Waals surface area (Å²) < 4.78 is 59.8. The molecule has 1 aliphatic heterocycles. The van der Waals surface area contributed by atoms with Crippen LogP contribution in [-0.4, -0.2) is 64.1 Å². The number of aliphatic hydroxyl groups excluding tert-OH is 1. The van der Waals surface area contributed by atoms with Crippen molar-refractivity contribution in [3.63, 3.8) is 0 Å². The summed E-state index contributed by atoms with van der Waals surface area (Å²) >= 11 is 0. The molecule has 0 spiro atoms. The summed E-state index contributed by atoms with van der Waals surface area (Å²) in [5.41, 5.74) is 2.45. The monoisotopic (exact) mass is 652 g/mol. The Balaban J connectivity index is 0.00000529. The number of nitrogens with zero attached hydrogens (tertiary/aromatic N) is 1. The molecule has 0 saturated carbocycles. The fourth-order valence-corrected chi connectivity index (χ4v) is 6.64. The van der Waals surface area contributed by atoms with Gasteiger partial charge in [-0.3, -0.25) is 9.10 Å². The van der Waals surface area contributed by atoms with Crippen molar-refractivity contribution < 1.29 is 31.8 Å². The van der Waals surface area contributed by atoms with Crippen LogP contribution in [0.5, 0.6) is 5.75 Å². The molecule has 0 bridgehead atoms. The number of methoxy groups -OCH3 is 1. The molecule has 4 N–H and O–H groups in total. The Morgan fingerprint density at radius 3 is 2.55 bits per heavy atom. The van der Waals surface area contributed by atoms with Gasteiger partial charge in [0.2, 0.25) is 10.0 Å². The van der Waals surface area contributed by atoms with Crippen molar-refractivity contribution in [3.8, 4) is 5.75 Å². The average Bonchev–Trinajstić information content (AvgIpc) is 2.98. The fourth-order valence-electron chi connectivity index (χ4n) is 5.02. The molecule has 9 nitrogen and oxygen atoms in total. The minimum Gasteiger partial charge on any atom is -0.497 e. The van der Waals surface area contributed by atoms with Gasteiger partial charge in [-0.1, -0.05) is 18.2 Å². The third kappa shape index (κ3) is 9.28. The van der Waals surface area contributed by atoms with Crippen LogP contribution in [-0.2, 0) is 23.0 Å². The highest BCUT2D eigenvalue weighted by Gasteiger charge is 2.28. The maximum Gasteiger partial charge on any atom is 0.251 e. The van der Waals surface area contributed by atoms with Gasteiger partial charge in [0.25, 0.3) is 5.91 Å². The third-order valence-corrected chi connectivity index (χ3v) is 9.10. The molecule has 44 heavy (non-hydrogen) atoms. The van der Waals surface area contributed by atoms with Gasteiger partial charge in [0.1, 0.15) is 5.75 Å². The van der Waals surface area contributed by atoms with Crippen LogP contribution in [0, 0.1) is 11.6 Å². The van der Waals surface area contributed by atoms with Crippen LogP contribution in [0.1, 0.15) is 41.3 Å². The molecule has 1 amide bonds. The van der Waals surface area contributed by atoms with Crippen LogP contribution in [0.25, 0.3) is 0 Å². The van der Waals surface area contributed by atoms with E-state index in [1.54, 1.807) is 19.2 Å². The number of nitrogens with one attached hydrogen (secondary N) is 3. The number of rotatable bonds is 13. The molecule has 1 fully saturated rings. The first kappa shape index (κ1) is 35.0. The highest BCUT2D eigenvalue weighted by atomic mass is 35.5. The van der Waals surface area contributed by atoms with E-state index in [1.165, 1.54) is 16.4 Å². The van der Waals surface area contributed by atoms with E-state index >= 15 is 0 Å². The van der Waals surface area contributed by atoms with E-state index in [4.69, 9.17) is 4.74 Å². The number of hydrogen-bond acceptors (Lipinski definition) is 7. The lowest BCUT2D eigenvalue weighted by Gasteiger charge is -2.29. The molecule has 0 radical (unpaired) electrons. The number of ether oxygens (including phenoxy) is 1. The number of carbonyl (C=O) groups excluding carboxylic acids is 1. The lowest BCUT2D eigenvalue weighted by Crippen LogP contribution is -2.48. The zero-order valence-electron chi connectivity index (χ0n) is 24.7. The number of aliphatic hydroxyl groups is 1. The van der Waals surface area contributed by atoms with Crippen molar-refractivity contribution in [2.75, 3.05) is 42.1 Å². The van der Waals surface area contributed by atoms with Crippen LogP contribution < -0.4 is 25.0 Å². The molecule has 1 saturated heterocycles. The molecule has 13 heteroatoms. The van der Waals surface area contributed by atoms with Crippen molar-refractivity contribution in [2.45, 2.75) is 44.9 Å². The van der Waals surface area contributed by atoms with E-state index in [1.807, 2.05) is 31.2 Å². The summed E-state index contributed by atoms with van der Waals surface area (Å²) in [6.45, 7) is 3.25. The maximum absolute atomic E-state index is 14.0. The first-order valence-electron chi connectivity index (χ1n) is 14.3. The number of hydrogen-bond donors (Lipinski definition) is 4. The Kier molecular flexibility index (Phi) is 12.8. The number of anilines is 2. The van der Waals surface area contributed by atoms with Gasteiger partial charge < -0.3 is 25.8 Å². The first-order chi connectivity index (χ1) is 20.6. The van der Waals surface area contributed by atoms with E-state index in [-0.39, 0.29) is 36.7 Å². The molecule has 3 aromatic carbocycles. The topological polar surface area (TPSA) is 120 Å². The zero-order chi connectivity index (χ0) is 31.0. The normalized spacial score (nSPS) is 15.5. The Morgan fingerprint density at radius 2 is 1.84 bits per heavy atom. The van der Waals surface area contributed by atoms with Gasteiger partial charge >= 0.3 is 0 Å². The Morgan fingerprint density at radius 1 is 1.05 bits per heavy atom. The molecule has 1 aliphatic rings. The lowest BCUT2D eigenvalue weighted by atomic mass is 10.00. The predicted molar refractivity (Wildman–Crippen MR) is 170 cm³/mol. The predicted octanol–water partition coefficient (Wildman–Crippen LogP) is 4.25. The van der Waals surface area contributed by atoms with E-state index in [0.717, 1.165) is 17.7 Å². The molecule has 240 valence electrons. The van der Waals surface area contributed by atoms with Gasteiger partial charge in [-0.05, 0) is 79.8 Å². The number of carbonyl (C=O) groups is 1. The van der Waals surface area contributed by atoms with Gasteiger partial charge in [-0.25, -0.2) is 17.2 Å². The van der Waals surface area contributed by atoms with Crippen molar-refractivity contribution in [2.24, 2.45) is 0 Å². The summed E-state index contributed by atoms with van der Waals surface area (Å²) in [5.74, 6) is -1.84. The SMILES string of the molecule is CCNc1cc(C(=O)N[C@@H](Cc2ccc(F)c(F)c2)[C@H](O)CNCc2cccc(OC)c2)cc(N2CCCCS2(=O)=O)c1.Cl. The van der Waals surface area contributed by atoms with Gasteiger partial charge in [0, 0.05) is 37.4 Å². The molecule has 2 atom stereocenters. The van der Waals surface area contributed by atoms with Crippen molar-refractivity contribution >= 4 is 39.7 Å². The van der Waals surface area contributed by atoms with E-state index in [9.17, 15) is 27.1 Å². The second-order valence-corrected chi connectivity index (χ2v) is 12.5. The minimum atomic E-state index is -3.52. The number of sulfonamides is 1. The highest BCUT2D eigenvalue weighted by Crippen LogP contribution is 2.28. The van der Waals surface area contributed by atoms with Crippen molar-refractivity contribution in [3.05, 3.63) is 89.0 Å². The Hall–Kier alpha value is -3.45. The standard InChI is InChI=1S/C31H38F2N4O5S.ClH/c1-3-35-24-16-23(17-25(18-24)37-11-4-5-12-43(37,40)41)31(39)36-29(15-21-9-10-27(32)28(33)14-21)30(38)20-34-19-22-7-6-8-26(13-22)42-2;/h6-10,13-14,16-18,29-30,34-35,38H,3-5,11-12,15,19-20H2,1-2H3,(H,36,39);1H/t29-,30+;/m0./s1. The number of halogens is 3.